The fraction of sp³-hybridized carbons (Fsp3) is 0.176. The van der Waals surface area contributed by atoms with E-state index in [-0.39, 0.29) is 11.9 Å². The van der Waals surface area contributed by atoms with Gasteiger partial charge in [-0.25, -0.2) is 12.8 Å². The molecule has 0 radical (unpaired) electrons. The van der Waals surface area contributed by atoms with Crippen LogP contribution in [-0.2, 0) is 10.0 Å². The standard InChI is InChI=1S/C17H16ClFN2O2S/c1-11(2)21-20-17(12-4-7-15(19)8-5-12)16-9-14(18)6-3-13(16)10-24(21,22)23/h3-11,20H,1-2H3. The molecule has 0 fully saturated rings. The zero-order valence-corrected chi connectivity index (χ0v) is 14.7. The van der Waals surface area contributed by atoms with E-state index in [1.54, 1.807) is 44.2 Å². The lowest BCUT2D eigenvalue weighted by molar-refractivity contribution is 0.318. The lowest BCUT2D eigenvalue weighted by atomic mass is 10.1. The lowest BCUT2D eigenvalue weighted by Gasteiger charge is -2.26. The van der Waals surface area contributed by atoms with E-state index in [1.807, 2.05) is 0 Å². The fourth-order valence-corrected chi connectivity index (χ4v) is 4.18. The van der Waals surface area contributed by atoms with E-state index in [9.17, 15) is 12.8 Å². The summed E-state index contributed by atoms with van der Waals surface area (Å²) in [7, 11) is -3.68. The van der Waals surface area contributed by atoms with Crippen molar-refractivity contribution in [2.24, 2.45) is 0 Å². The van der Waals surface area contributed by atoms with Crippen molar-refractivity contribution in [1.82, 2.24) is 9.84 Å². The molecule has 1 heterocycles. The van der Waals surface area contributed by atoms with Gasteiger partial charge in [0, 0.05) is 16.3 Å². The first-order valence-electron chi connectivity index (χ1n) is 7.36. The highest BCUT2D eigenvalue weighted by atomic mass is 35.5. The maximum absolute atomic E-state index is 13.3. The van der Waals surface area contributed by atoms with Crippen molar-refractivity contribution in [3.8, 4) is 0 Å². The van der Waals surface area contributed by atoms with Gasteiger partial charge < -0.3 is 5.43 Å². The first-order valence-corrected chi connectivity index (χ1v) is 9.25. The Kier molecular flexibility index (Phi) is 4.38. The van der Waals surface area contributed by atoms with Crippen LogP contribution >= 0.6 is 11.6 Å². The Morgan fingerprint density at radius 3 is 2.42 bits per heavy atom. The van der Waals surface area contributed by atoms with Crippen LogP contribution in [0.5, 0.6) is 0 Å². The minimum Gasteiger partial charge on any atom is -0.304 e. The van der Waals surface area contributed by atoms with E-state index in [0.29, 0.717) is 26.7 Å². The van der Waals surface area contributed by atoms with Gasteiger partial charge in [0.25, 0.3) is 10.0 Å². The number of benzene rings is 2. The third kappa shape index (κ3) is 3.17. The Morgan fingerprint density at radius 1 is 1.12 bits per heavy atom. The molecule has 1 aliphatic rings. The van der Waals surface area contributed by atoms with Crippen LogP contribution in [0.2, 0.25) is 5.02 Å². The first-order chi connectivity index (χ1) is 11.3. The van der Waals surface area contributed by atoms with Gasteiger partial charge in [-0.2, -0.15) is 0 Å². The maximum Gasteiger partial charge on any atom is 0.253 e. The van der Waals surface area contributed by atoms with Gasteiger partial charge in [0.1, 0.15) is 5.82 Å². The molecule has 2 aromatic rings. The number of rotatable bonds is 2. The minimum absolute atomic E-state index is 0.313. The molecular formula is C17H16ClFN2O2S. The summed E-state index contributed by atoms with van der Waals surface area (Å²) in [6.07, 6.45) is 0. The van der Waals surface area contributed by atoms with Crippen molar-refractivity contribution >= 4 is 32.7 Å². The smallest absolute Gasteiger partial charge is 0.253 e. The van der Waals surface area contributed by atoms with E-state index < -0.39 is 10.0 Å². The van der Waals surface area contributed by atoms with E-state index in [2.05, 4.69) is 5.43 Å². The average Bonchev–Trinajstić information content (AvgIpc) is 2.61. The molecule has 126 valence electrons. The highest BCUT2D eigenvalue weighted by Crippen LogP contribution is 2.16. The molecule has 0 saturated carbocycles. The van der Waals surface area contributed by atoms with Crippen LogP contribution in [0.15, 0.2) is 42.5 Å². The summed E-state index contributed by atoms with van der Waals surface area (Å²) in [5, 5.41) is 2.86. The molecule has 0 amide bonds. The number of fused-ring (bicyclic) bond motifs is 1. The van der Waals surface area contributed by atoms with Crippen LogP contribution < -0.4 is 15.9 Å². The topological polar surface area (TPSA) is 49.4 Å². The van der Waals surface area contributed by atoms with Gasteiger partial charge in [-0.05, 0) is 61.0 Å². The number of sulfonamides is 1. The summed E-state index contributed by atoms with van der Waals surface area (Å²) in [6.45, 7) is 3.53. The quantitative estimate of drug-likeness (QED) is 0.883. The molecule has 3 rings (SSSR count). The van der Waals surface area contributed by atoms with Gasteiger partial charge in [-0.15, -0.1) is 4.41 Å². The second kappa shape index (κ2) is 6.20. The van der Waals surface area contributed by atoms with Crippen molar-refractivity contribution in [3.05, 3.63) is 69.3 Å². The number of hydrazine groups is 1. The monoisotopic (exact) mass is 366 g/mol. The second-order valence-electron chi connectivity index (χ2n) is 5.78. The summed E-state index contributed by atoms with van der Waals surface area (Å²) in [5.41, 5.74) is 4.19. The molecule has 0 aromatic heterocycles. The zero-order valence-electron chi connectivity index (χ0n) is 13.1. The van der Waals surface area contributed by atoms with E-state index in [0.717, 1.165) is 0 Å². The van der Waals surface area contributed by atoms with Gasteiger partial charge in [0.15, 0.2) is 0 Å². The molecule has 0 bridgehead atoms. The van der Waals surface area contributed by atoms with Crippen molar-refractivity contribution < 1.29 is 12.8 Å². The van der Waals surface area contributed by atoms with Crippen LogP contribution in [0.4, 0.5) is 4.39 Å². The van der Waals surface area contributed by atoms with Crippen molar-refractivity contribution in [1.29, 1.82) is 0 Å². The van der Waals surface area contributed by atoms with Crippen LogP contribution in [0.1, 0.15) is 19.4 Å². The summed E-state index contributed by atoms with van der Waals surface area (Å²) in [5.74, 6) is -0.362. The Labute approximate surface area is 144 Å². The predicted molar refractivity (Wildman–Crippen MR) is 93.1 cm³/mol. The number of halogens is 2. The number of nitrogens with zero attached hydrogens (tertiary/aromatic N) is 1. The number of hydrogen-bond donors (Lipinski definition) is 1. The molecular weight excluding hydrogens is 351 g/mol. The average molecular weight is 367 g/mol. The molecule has 0 saturated heterocycles. The van der Waals surface area contributed by atoms with Crippen molar-refractivity contribution in [2.75, 3.05) is 0 Å². The van der Waals surface area contributed by atoms with Crippen LogP contribution in [0.3, 0.4) is 0 Å². The molecule has 2 aromatic carbocycles. The number of nitrogens with one attached hydrogen (secondary N) is 1. The maximum atomic E-state index is 13.3. The summed E-state index contributed by atoms with van der Waals surface area (Å²) < 4.78 is 39.7. The van der Waals surface area contributed by atoms with Gasteiger partial charge in [-0.1, -0.05) is 17.7 Å². The zero-order chi connectivity index (χ0) is 17.5. The molecule has 0 spiro atoms. The molecule has 1 N–H and O–H groups in total. The van der Waals surface area contributed by atoms with Crippen LogP contribution in [-0.4, -0.2) is 18.9 Å². The molecule has 7 heteroatoms. The minimum atomic E-state index is -3.68. The van der Waals surface area contributed by atoms with Crippen molar-refractivity contribution in [2.45, 2.75) is 19.9 Å². The molecule has 0 unspecified atom stereocenters. The normalized spacial score (nSPS) is 17.0. The largest absolute Gasteiger partial charge is 0.304 e. The highest BCUT2D eigenvalue weighted by molar-refractivity contribution is 7.96. The third-order valence-corrected chi connectivity index (χ3v) is 5.51. The number of hydrogen-bond acceptors (Lipinski definition) is 3. The Hall–Kier alpha value is -1.89. The summed E-state index contributed by atoms with van der Waals surface area (Å²) in [4.78, 5) is 0. The third-order valence-electron chi connectivity index (χ3n) is 3.66. The van der Waals surface area contributed by atoms with Gasteiger partial charge >= 0.3 is 0 Å². The van der Waals surface area contributed by atoms with Crippen molar-refractivity contribution in [3.63, 3.8) is 0 Å². The molecule has 24 heavy (non-hydrogen) atoms. The van der Waals surface area contributed by atoms with E-state index in [1.165, 1.54) is 22.0 Å². The first kappa shape index (κ1) is 17.0. The molecule has 1 aliphatic heterocycles. The highest BCUT2D eigenvalue weighted by Gasteiger charge is 2.26. The van der Waals surface area contributed by atoms with Gasteiger partial charge in [-0.3, -0.25) is 0 Å². The van der Waals surface area contributed by atoms with Gasteiger partial charge in [0.2, 0.25) is 0 Å². The Balaban J connectivity index is 2.39. The molecule has 4 nitrogen and oxygen atoms in total. The molecule has 0 aliphatic carbocycles. The van der Waals surface area contributed by atoms with E-state index >= 15 is 0 Å². The van der Waals surface area contributed by atoms with Crippen LogP contribution in [0.25, 0.3) is 11.1 Å². The molecule has 0 atom stereocenters. The Bertz CT molecular complexity index is 1000. The van der Waals surface area contributed by atoms with Crippen LogP contribution in [0, 0.1) is 5.82 Å². The SMILES string of the molecule is CC(C)N1NC(c2ccc(F)cc2)=c2cc(Cl)ccc2=CS1(=O)=O. The summed E-state index contributed by atoms with van der Waals surface area (Å²) >= 11 is 6.10. The summed E-state index contributed by atoms with van der Waals surface area (Å²) in [6, 6.07) is 10.5. The predicted octanol–water partition coefficient (Wildman–Crippen LogP) is 1.93. The fourth-order valence-electron chi connectivity index (χ4n) is 2.56. The van der Waals surface area contributed by atoms with E-state index in [4.69, 9.17) is 11.6 Å². The van der Waals surface area contributed by atoms with Gasteiger partial charge in [0.05, 0.1) is 11.1 Å². The lowest BCUT2D eigenvalue weighted by Crippen LogP contribution is -2.45. The Morgan fingerprint density at radius 2 is 1.79 bits per heavy atom. The second-order valence-corrected chi connectivity index (χ2v) is 7.87.